The van der Waals surface area contributed by atoms with Crippen molar-refractivity contribution in [3.63, 3.8) is 0 Å². The molecule has 0 radical (unpaired) electrons. The Labute approximate surface area is 129 Å². The molecule has 1 fully saturated rings. The second-order valence-electron chi connectivity index (χ2n) is 5.56. The fourth-order valence-electron chi connectivity index (χ4n) is 2.95. The molecule has 1 aromatic heterocycles. The minimum Gasteiger partial charge on any atom is -0.496 e. The average molecular weight is 300 g/mol. The average Bonchev–Trinajstić information content (AvgIpc) is 3.10. The number of carbonyl (C=O) groups is 1. The quantitative estimate of drug-likeness (QED) is 0.795. The number of piperidine rings is 1. The van der Waals surface area contributed by atoms with Crippen LogP contribution in [0, 0.1) is 5.92 Å². The van der Waals surface area contributed by atoms with Gasteiger partial charge >= 0.3 is 0 Å². The third kappa shape index (κ3) is 3.20. The smallest absolute Gasteiger partial charge is 0.263 e. The molecule has 22 heavy (non-hydrogen) atoms. The molecular formula is C17H20N2O3. The molecule has 3 rings (SSSR count). The van der Waals surface area contributed by atoms with E-state index in [4.69, 9.17) is 9.15 Å². The maximum Gasteiger partial charge on any atom is 0.263 e. The Morgan fingerprint density at radius 3 is 2.82 bits per heavy atom. The van der Waals surface area contributed by atoms with Crippen molar-refractivity contribution in [3.05, 3.63) is 48.2 Å². The fraction of sp³-hybridized carbons (Fsp3) is 0.412. The molecule has 0 N–H and O–H groups in total. The number of hydrogen-bond acceptors (Lipinski definition) is 5. The topological polar surface area (TPSA) is 55.6 Å². The van der Waals surface area contributed by atoms with E-state index in [-0.39, 0.29) is 17.6 Å². The zero-order valence-corrected chi connectivity index (χ0v) is 12.7. The van der Waals surface area contributed by atoms with Gasteiger partial charge in [-0.2, -0.15) is 0 Å². The highest BCUT2D eigenvalue weighted by molar-refractivity contribution is 5.93. The van der Waals surface area contributed by atoms with E-state index in [9.17, 15) is 4.79 Å². The number of carbonyl (C=O) groups excluding carboxylic acids is 1. The standard InChI is InChI=1S/C17H20N2O3/c1-21-15-5-3-2-4-14(15)12-19-9-6-13(7-10-19)16(20)17-18-8-11-22-17/h2-5,8,11,13H,6-7,9-10,12H2,1H3. The molecule has 0 atom stereocenters. The number of likely N-dealkylation sites (tertiary alicyclic amines) is 1. The van der Waals surface area contributed by atoms with Crippen LogP contribution in [0.2, 0.25) is 0 Å². The Morgan fingerprint density at radius 1 is 1.36 bits per heavy atom. The summed E-state index contributed by atoms with van der Waals surface area (Å²) in [5, 5.41) is 0. The summed E-state index contributed by atoms with van der Waals surface area (Å²) < 4.78 is 10.5. The van der Waals surface area contributed by atoms with Crippen LogP contribution in [0.4, 0.5) is 0 Å². The predicted octanol–water partition coefficient (Wildman–Crippen LogP) is 2.78. The molecule has 0 spiro atoms. The molecule has 1 aliphatic rings. The number of para-hydroxylation sites is 1. The maximum atomic E-state index is 12.2. The Morgan fingerprint density at radius 2 is 2.14 bits per heavy atom. The molecule has 5 heteroatoms. The largest absolute Gasteiger partial charge is 0.496 e. The van der Waals surface area contributed by atoms with E-state index in [0.29, 0.717) is 0 Å². The number of benzene rings is 1. The lowest BCUT2D eigenvalue weighted by Gasteiger charge is -2.31. The Kier molecular flexibility index (Phi) is 4.53. The molecular weight excluding hydrogens is 280 g/mol. The van der Waals surface area contributed by atoms with Gasteiger partial charge in [0.2, 0.25) is 5.78 Å². The molecule has 2 heterocycles. The van der Waals surface area contributed by atoms with Crippen LogP contribution < -0.4 is 4.74 Å². The summed E-state index contributed by atoms with van der Waals surface area (Å²) in [4.78, 5) is 18.5. The van der Waals surface area contributed by atoms with Gasteiger partial charge in [0.05, 0.1) is 13.3 Å². The lowest BCUT2D eigenvalue weighted by Crippen LogP contribution is -2.36. The molecule has 1 saturated heterocycles. The summed E-state index contributed by atoms with van der Waals surface area (Å²) in [6, 6.07) is 8.07. The van der Waals surface area contributed by atoms with E-state index in [0.717, 1.165) is 38.2 Å². The first-order valence-electron chi connectivity index (χ1n) is 7.56. The van der Waals surface area contributed by atoms with Gasteiger partial charge in [-0.15, -0.1) is 0 Å². The van der Waals surface area contributed by atoms with Gasteiger partial charge in [0, 0.05) is 18.0 Å². The van der Waals surface area contributed by atoms with Crippen molar-refractivity contribution in [2.24, 2.45) is 5.92 Å². The van der Waals surface area contributed by atoms with Crippen molar-refractivity contribution >= 4 is 5.78 Å². The Balaban J connectivity index is 1.57. The number of oxazole rings is 1. The van der Waals surface area contributed by atoms with Crippen LogP contribution in [0.25, 0.3) is 0 Å². The van der Waals surface area contributed by atoms with Gasteiger partial charge in [-0.25, -0.2) is 4.98 Å². The first-order valence-corrected chi connectivity index (χ1v) is 7.56. The monoisotopic (exact) mass is 300 g/mol. The van der Waals surface area contributed by atoms with Gasteiger partial charge in [0.1, 0.15) is 12.0 Å². The molecule has 1 aliphatic heterocycles. The molecule has 5 nitrogen and oxygen atoms in total. The molecule has 0 amide bonds. The zero-order chi connectivity index (χ0) is 15.4. The van der Waals surface area contributed by atoms with E-state index >= 15 is 0 Å². The predicted molar refractivity (Wildman–Crippen MR) is 81.8 cm³/mol. The van der Waals surface area contributed by atoms with E-state index in [2.05, 4.69) is 16.0 Å². The lowest BCUT2D eigenvalue weighted by molar-refractivity contribution is 0.0798. The van der Waals surface area contributed by atoms with Crippen molar-refractivity contribution in [2.45, 2.75) is 19.4 Å². The van der Waals surface area contributed by atoms with Gasteiger partial charge < -0.3 is 9.15 Å². The van der Waals surface area contributed by atoms with Crippen molar-refractivity contribution in [3.8, 4) is 5.75 Å². The highest BCUT2D eigenvalue weighted by atomic mass is 16.5. The molecule has 116 valence electrons. The van der Waals surface area contributed by atoms with Gasteiger partial charge in [0.25, 0.3) is 5.89 Å². The van der Waals surface area contributed by atoms with Crippen LogP contribution in [-0.4, -0.2) is 35.9 Å². The van der Waals surface area contributed by atoms with Gasteiger partial charge in [-0.1, -0.05) is 18.2 Å². The number of ether oxygens (including phenoxy) is 1. The second-order valence-corrected chi connectivity index (χ2v) is 5.56. The van der Waals surface area contributed by atoms with Gasteiger partial charge in [-0.05, 0) is 32.0 Å². The summed E-state index contributed by atoms with van der Waals surface area (Å²) in [5.41, 5.74) is 1.18. The summed E-state index contributed by atoms with van der Waals surface area (Å²) in [6.07, 6.45) is 4.65. The summed E-state index contributed by atoms with van der Waals surface area (Å²) >= 11 is 0. The third-order valence-corrected chi connectivity index (χ3v) is 4.19. The van der Waals surface area contributed by atoms with Crippen LogP contribution in [0.3, 0.4) is 0 Å². The van der Waals surface area contributed by atoms with Crippen LogP contribution in [0.1, 0.15) is 29.1 Å². The number of methoxy groups -OCH3 is 1. The summed E-state index contributed by atoms with van der Waals surface area (Å²) in [5.74, 6) is 1.21. The molecule has 1 aromatic carbocycles. The highest BCUT2D eigenvalue weighted by Gasteiger charge is 2.28. The zero-order valence-electron chi connectivity index (χ0n) is 12.7. The Hall–Kier alpha value is -2.14. The SMILES string of the molecule is COc1ccccc1CN1CCC(C(=O)c2ncco2)CC1. The van der Waals surface area contributed by atoms with Crippen LogP contribution in [-0.2, 0) is 6.54 Å². The fourth-order valence-corrected chi connectivity index (χ4v) is 2.95. The van der Waals surface area contributed by atoms with Crippen molar-refractivity contribution < 1.29 is 13.9 Å². The summed E-state index contributed by atoms with van der Waals surface area (Å²) in [7, 11) is 1.69. The molecule has 2 aromatic rings. The number of rotatable bonds is 5. The van der Waals surface area contributed by atoms with E-state index in [1.165, 1.54) is 18.0 Å². The minimum absolute atomic E-state index is 0.0209. The van der Waals surface area contributed by atoms with Crippen LogP contribution in [0.5, 0.6) is 5.75 Å². The highest BCUT2D eigenvalue weighted by Crippen LogP contribution is 2.25. The van der Waals surface area contributed by atoms with E-state index in [1.54, 1.807) is 7.11 Å². The third-order valence-electron chi connectivity index (χ3n) is 4.19. The number of nitrogens with zero attached hydrogens (tertiary/aromatic N) is 2. The first kappa shape index (κ1) is 14.8. The number of Topliss-reactive ketones (excluding diaryl/α,β-unsaturated/α-hetero) is 1. The number of ketones is 1. The first-order chi connectivity index (χ1) is 10.8. The second kappa shape index (κ2) is 6.75. The molecule has 0 saturated carbocycles. The van der Waals surface area contributed by atoms with Crippen molar-refractivity contribution in [2.75, 3.05) is 20.2 Å². The Bertz CT molecular complexity index is 617. The molecule has 0 unspecified atom stereocenters. The van der Waals surface area contributed by atoms with Gasteiger partial charge in [-0.3, -0.25) is 9.69 Å². The maximum absolute atomic E-state index is 12.2. The van der Waals surface area contributed by atoms with Crippen LogP contribution >= 0.6 is 0 Å². The molecule has 0 bridgehead atoms. The number of aromatic nitrogens is 1. The van der Waals surface area contributed by atoms with Crippen molar-refractivity contribution in [1.29, 1.82) is 0 Å². The van der Waals surface area contributed by atoms with Gasteiger partial charge in [0.15, 0.2) is 0 Å². The minimum atomic E-state index is 0.0209. The number of hydrogen-bond donors (Lipinski definition) is 0. The van der Waals surface area contributed by atoms with Crippen LogP contribution in [0.15, 0.2) is 41.1 Å². The normalized spacial score (nSPS) is 16.6. The summed E-state index contributed by atoms with van der Waals surface area (Å²) in [6.45, 7) is 2.65. The van der Waals surface area contributed by atoms with E-state index in [1.807, 2.05) is 18.2 Å². The molecule has 0 aliphatic carbocycles. The van der Waals surface area contributed by atoms with E-state index < -0.39 is 0 Å². The lowest BCUT2D eigenvalue weighted by atomic mass is 9.92. The van der Waals surface area contributed by atoms with Crippen molar-refractivity contribution in [1.82, 2.24) is 9.88 Å².